The molecule has 4 saturated carbocycles. The van der Waals surface area contributed by atoms with Crippen LogP contribution in [0.5, 0.6) is 0 Å². The first kappa shape index (κ1) is 13.1. The Bertz CT molecular complexity index is 562. The average molecular weight is 283 g/mol. The molecule has 0 radical (unpaired) electrons. The number of hydrogen-bond acceptors (Lipinski definition) is 3. The lowest BCUT2D eigenvalue weighted by molar-refractivity contribution is -0.167. The van der Waals surface area contributed by atoms with Crippen molar-refractivity contribution in [3.05, 3.63) is 35.9 Å². The van der Waals surface area contributed by atoms with Crippen molar-refractivity contribution < 1.29 is 9.53 Å². The van der Waals surface area contributed by atoms with Crippen LogP contribution in [0.2, 0.25) is 0 Å². The molecule has 1 aromatic rings. The lowest BCUT2D eigenvalue weighted by Gasteiger charge is -2.55. The van der Waals surface area contributed by atoms with Gasteiger partial charge < -0.3 is 10.1 Å². The summed E-state index contributed by atoms with van der Waals surface area (Å²) in [4.78, 5) is 12.7. The number of carbonyl (C=O) groups excluding carboxylic acids is 1. The van der Waals surface area contributed by atoms with Gasteiger partial charge in [-0.25, -0.2) is 0 Å². The van der Waals surface area contributed by atoms with Crippen LogP contribution in [0.3, 0.4) is 0 Å². The first-order valence-electron chi connectivity index (χ1n) is 7.96. The molecule has 5 rings (SSSR count). The van der Waals surface area contributed by atoms with E-state index in [1.807, 2.05) is 30.3 Å². The Balaban J connectivity index is 1.48. The highest BCUT2D eigenvalue weighted by molar-refractivity contribution is 5.91. The van der Waals surface area contributed by atoms with Crippen LogP contribution >= 0.6 is 0 Å². The number of esters is 1. The van der Waals surface area contributed by atoms with Crippen molar-refractivity contribution >= 4 is 11.7 Å². The molecular formula is C18H21NO2. The highest BCUT2D eigenvalue weighted by atomic mass is 16.5. The summed E-state index contributed by atoms with van der Waals surface area (Å²) in [6, 6.07) is 9.88. The third-order valence-electron chi connectivity index (χ3n) is 5.71. The standard InChI is InChI=1S/C18H21NO2/c19-16-14-6-13-7-15(16)10-18(8-13,9-14)17(20)21-11-12-4-2-1-3-5-12/h1-5,13-15,19H,6-11H2. The summed E-state index contributed by atoms with van der Waals surface area (Å²) in [5.74, 6) is 1.32. The molecule has 110 valence electrons. The molecule has 0 saturated heterocycles. The molecule has 0 amide bonds. The summed E-state index contributed by atoms with van der Waals surface area (Å²) in [6.07, 6.45) is 4.95. The first-order valence-corrected chi connectivity index (χ1v) is 7.96. The Hall–Kier alpha value is -1.64. The van der Waals surface area contributed by atoms with E-state index >= 15 is 0 Å². The van der Waals surface area contributed by atoms with Crippen LogP contribution in [0.15, 0.2) is 30.3 Å². The fourth-order valence-electron chi connectivity index (χ4n) is 4.91. The monoisotopic (exact) mass is 283 g/mol. The number of carbonyl (C=O) groups is 1. The maximum absolute atomic E-state index is 12.7. The maximum atomic E-state index is 12.7. The van der Waals surface area contributed by atoms with E-state index in [-0.39, 0.29) is 11.4 Å². The summed E-state index contributed by atoms with van der Waals surface area (Å²) >= 11 is 0. The van der Waals surface area contributed by atoms with Gasteiger partial charge in [0.1, 0.15) is 6.61 Å². The van der Waals surface area contributed by atoms with Crippen molar-refractivity contribution in [2.45, 2.75) is 38.7 Å². The van der Waals surface area contributed by atoms with E-state index in [2.05, 4.69) is 0 Å². The van der Waals surface area contributed by atoms with E-state index in [0.717, 1.165) is 43.4 Å². The normalized spacial score (nSPS) is 36.8. The largest absolute Gasteiger partial charge is 0.460 e. The fourth-order valence-corrected chi connectivity index (χ4v) is 4.91. The summed E-state index contributed by atoms with van der Waals surface area (Å²) < 4.78 is 5.64. The van der Waals surface area contributed by atoms with E-state index in [0.29, 0.717) is 24.4 Å². The Labute approximate surface area is 125 Å². The topological polar surface area (TPSA) is 50.2 Å². The molecule has 4 bridgehead atoms. The third kappa shape index (κ3) is 2.10. The molecule has 0 aliphatic heterocycles. The Kier molecular flexibility index (Phi) is 2.91. The predicted molar refractivity (Wildman–Crippen MR) is 80.0 cm³/mol. The van der Waals surface area contributed by atoms with E-state index in [9.17, 15) is 4.79 Å². The van der Waals surface area contributed by atoms with Crippen molar-refractivity contribution in [1.82, 2.24) is 0 Å². The summed E-state index contributed by atoms with van der Waals surface area (Å²) in [6.45, 7) is 0.374. The van der Waals surface area contributed by atoms with Crippen molar-refractivity contribution in [2.75, 3.05) is 0 Å². The van der Waals surface area contributed by atoms with Crippen molar-refractivity contribution in [3.8, 4) is 0 Å². The summed E-state index contributed by atoms with van der Waals surface area (Å²) in [5, 5.41) is 8.23. The van der Waals surface area contributed by atoms with Gasteiger partial charge in [0.25, 0.3) is 0 Å². The minimum absolute atomic E-state index is 0.0155. The predicted octanol–water partition coefficient (Wildman–Crippen LogP) is 3.58. The summed E-state index contributed by atoms with van der Waals surface area (Å²) in [7, 11) is 0. The van der Waals surface area contributed by atoms with Gasteiger partial charge in [-0.3, -0.25) is 4.79 Å². The van der Waals surface area contributed by atoms with E-state index in [1.54, 1.807) is 0 Å². The molecular weight excluding hydrogens is 262 g/mol. The molecule has 3 heteroatoms. The highest BCUT2D eigenvalue weighted by Crippen LogP contribution is 2.59. The number of nitrogens with one attached hydrogen (secondary N) is 1. The van der Waals surface area contributed by atoms with E-state index in [1.165, 1.54) is 0 Å². The smallest absolute Gasteiger partial charge is 0.312 e. The van der Waals surface area contributed by atoms with Crippen LogP contribution in [-0.4, -0.2) is 11.7 Å². The zero-order valence-corrected chi connectivity index (χ0v) is 12.2. The lowest BCUT2D eigenvalue weighted by Crippen LogP contribution is -2.54. The van der Waals surface area contributed by atoms with Crippen LogP contribution in [-0.2, 0) is 16.1 Å². The minimum atomic E-state index is -0.282. The van der Waals surface area contributed by atoms with Crippen LogP contribution < -0.4 is 0 Å². The van der Waals surface area contributed by atoms with Gasteiger partial charge >= 0.3 is 5.97 Å². The maximum Gasteiger partial charge on any atom is 0.312 e. The number of rotatable bonds is 3. The van der Waals surface area contributed by atoms with Gasteiger partial charge in [0.15, 0.2) is 0 Å². The number of ether oxygens (including phenoxy) is 1. The van der Waals surface area contributed by atoms with Crippen LogP contribution in [0.4, 0.5) is 0 Å². The number of hydrogen-bond donors (Lipinski definition) is 1. The van der Waals surface area contributed by atoms with E-state index in [4.69, 9.17) is 10.1 Å². The van der Waals surface area contributed by atoms with Gasteiger partial charge in [0.2, 0.25) is 0 Å². The molecule has 1 aromatic carbocycles. The summed E-state index contributed by atoms with van der Waals surface area (Å²) in [5.41, 5.74) is 1.68. The molecule has 0 spiro atoms. The first-order chi connectivity index (χ1) is 10.2. The SMILES string of the molecule is N=C1C2CC3CC1CC(C(=O)OCc1ccccc1)(C3)C2. The Morgan fingerprint density at radius 1 is 1.14 bits per heavy atom. The van der Waals surface area contributed by atoms with Crippen LogP contribution in [0.25, 0.3) is 0 Å². The Morgan fingerprint density at radius 3 is 2.48 bits per heavy atom. The molecule has 4 fully saturated rings. The quantitative estimate of drug-likeness (QED) is 0.862. The van der Waals surface area contributed by atoms with Gasteiger partial charge in [-0.1, -0.05) is 30.3 Å². The lowest BCUT2D eigenvalue weighted by atomic mass is 9.49. The second-order valence-corrected chi connectivity index (χ2v) is 7.14. The van der Waals surface area contributed by atoms with Crippen molar-refractivity contribution in [3.63, 3.8) is 0 Å². The fraction of sp³-hybridized carbons (Fsp3) is 0.556. The zero-order valence-electron chi connectivity index (χ0n) is 12.2. The van der Waals surface area contributed by atoms with Gasteiger partial charge in [0, 0.05) is 5.71 Å². The highest BCUT2D eigenvalue weighted by Gasteiger charge is 2.57. The molecule has 0 aromatic heterocycles. The Morgan fingerprint density at radius 2 is 1.81 bits per heavy atom. The van der Waals surface area contributed by atoms with Crippen LogP contribution in [0.1, 0.15) is 37.7 Å². The zero-order chi connectivity index (χ0) is 14.4. The number of benzene rings is 1. The van der Waals surface area contributed by atoms with E-state index < -0.39 is 0 Å². The second kappa shape index (κ2) is 4.69. The van der Waals surface area contributed by atoms with Crippen LogP contribution in [0, 0.1) is 28.6 Å². The molecule has 3 nitrogen and oxygen atoms in total. The average Bonchev–Trinajstić information content (AvgIpc) is 2.50. The molecule has 0 heterocycles. The van der Waals surface area contributed by atoms with Gasteiger partial charge in [-0.05, 0) is 55.4 Å². The molecule has 21 heavy (non-hydrogen) atoms. The van der Waals surface area contributed by atoms with Crippen molar-refractivity contribution in [1.29, 1.82) is 5.41 Å². The molecule has 4 aliphatic rings. The second-order valence-electron chi connectivity index (χ2n) is 7.14. The van der Waals surface area contributed by atoms with Crippen molar-refractivity contribution in [2.24, 2.45) is 23.2 Å². The minimum Gasteiger partial charge on any atom is -0.460 e. The molecule has 2 unspecified atom stereocenters. The third-order valence-corrected chi connectivity index (χ3v) is 5.71. The van der Waals surface area contributed by atoms with Gasteiger partial charge in [0.05, 0.1) is 5.41 Å². The molecule has 1 N–H and O–H groups in total. The molecule has 2 atom stereocenters. The molecule has 4 aliphatic carbocycles. The van der Waals surface area contributed by atoms with Gasteiger partial charge in [-0.2, -0.15) is 0 Å². The van der Waals surface area contributed by atoms with Gasteiger partial charge in [-0.15, -0.1) is 0 Å².